The molecular formula is C17H30N2O5S. The molecule has 1 unspecified atom stereocenters. The molecule has 2 amide bonds. The van der Waals surface area contributed by atoms with Crippen LogP contribution in [0.4, 0.5) is 4.79 Å². The lowest BCUT2D eigenvalue weighted by atomic mass is 10.0. The Kier molecular flexibility index (Phi) is 8.55. The molecule has 0 aromatic heterocycles. The lowest BCUT2D eigenvalue weighted by molar-refractivity contribution is -0.141. The molecule has 1 fully saturated rings. The second-order valence-electron chi connectivity index (χ2n) is 7.29. The molecule has 1 saturated heterocycles. The van der Waals surface area contributed by atoms with Crippen LogP contribution in [0.2, 0.25) is 0 Å². The molecule has 0 saturated carbocycles. The number of carboxylic acid groups (broad SMARTS) is 1. The largest absolute Gasteiger partial charge is 0.481 e. The highest BCUT2D eigenvalue weighted by Gasteiger charge is 2.34. The van der Waals surface area contributed by atoms with Crippen molar-refractivity contribution < 1.29 is 24.2 Å². The number of nitrogens with one attached hydrogen (secondary N) is 1. The summed E-state index contributed by atoms with van der Waals surface area (Å²) in [6.07, 6.45) is 1.59. The van der Waals surface area contributed by atoms with Gasteiger partial charge in [-0.3, -0.25) is 14.5 Å². The predicted molar refractivity (Wildman–Crippen MR) is 97.7 cm³/mol. The van der Waals surface area contributed by atoms with E-state index in [4.69, 9.17) is 9.84 Å². The van der Waals surface area contributed by atoms with Crippen molar-refractivity contribution in [3.63, 3.8) is 0 Å². The molecule has 1 rings (SSSR count). The van der Waals surface area contributed by atoms with E-state index in [1.54, 1.807) is 39.5 Å². The van der Waals surface area contributed by atoms with E-state index in [0.29, 0.717) is 25.3 Å². The van der Waals surface area contributed by atoms with Crippen LogP contribution in [0, 0.1) is 5.92 Å². The molecule has 1 heterocycles. The van der Waals surface area contributed by atoms with Crippen LogP contribution in [0.1, 0.15) is 47.0 Å². The van der Waals surface area contributed by atoms with Gasteiger partial charge in [0.05, 0.1) is 5.92 Å². The van der Waals surface area contributed by atoms with Gasteiger partial charge in [0, 0.05) is 24.6 Å². The number of amides is 2. The van der Waals surface area contributed by atoms with Crippen LogP contribution in [-0.2, 0) is 14.3 Å². The molecule has 7 nitrogen and oxygen atoms in total. The van der Waals surface area contributed by atoms with Crippen molar-refractivity contribution in [3.8, 4) is 0 Å². The number of hydrogen-bond donors (Lipinski definition) is 2. The Balaban J connectivity index is 2.43. The van der Waals surface area contributed by atoms with Gasteiger partial charge >= 0.3 is 12.1 Å². The summed E-state index contributed by atoms with van der Waals surface area (Å²) in [6.45, 7) is 8.06. The van der Waals surface area contributed by atoms with Crippen molar-refractivity contribution in [1.29, 1.82) is 0 Å². The van der Waals surface area contributed by atoms with Crippen LogP contribution in [0.5, 0.6) is 0 Å². The summed E-state index contributed by atoms with van der Waals surface area (Å²) >= 11 is 1.65. The van der Waals surface area contributed by atoms with Crippen LogP contribution >= 0.6 is 11.8 Å². The highest BCUT2D eigenvalue weighted by Crippen LogP contribution is 2.20. The number of carbonyl (C=O) groups excluding carboxylic acids is 2. The number of carbonyl (C=O) groups is 3. The Bertz CT molecular complexity index is 478. The van der Waals surface area contributed by atoms with E-state index in [1.807, 2.05) is 0 Å². The molecule has 0 spiro atoms. The summed E-state index contributed by atoms with van der Waals surface area (Å²) in [4.78, 5) is 37.0. The molecule has 144 valence electrons. The maximum absolute atomic E-state index is 12.4. The molecule has 0 aromatic carbocycles. The highest BCUT2D eigenvalue weighted by molar-refractivity contribution is 7.99. The van der Waals surface area contributed by atoms with Crippen LogP contribution in [0.15, 0.2) is 0 Å². The van der Waals surface area contributed by atoms with Crippen molar-refractivity contribution in [1.82, 2.24) is 10.2 Å². The summed E-state index contributed by atoms with van der Waals surface area (Å²) < 4.78 is 5.39. The Hall–Kier alpha value is -1.44. The van der Waals surface area contributed by atoms with Crippen molar-refractivity contribution in [3.05, 3.63) is 0 Å². The van der Waals surface area contributed by atoms with Crippen LogP contribution in [0.3, 0.4) is 0 Å². The minimum atomic E-state index is -0.795. The van der Waals surface area contributed by atoms with E-state index in [2.05, 4.69) is 5.32 Å². The lowest BCUT2D eigenvalue weighted by Gasteiger charge is -2.35. The Morgan fingerprint density at radius 2 is 2.00 bits per heavy atom. The number of hydrogen-bond acceptors (Lipinski definition) is 5. The number of carboxylic acids is 1. The van der Waals surface area contributed by atoms with Crippen molar-refractivity contribution >= 4 is 29.7 Å². The maximum atomic E-state index is 12.4. The molecule has 0 bridgehead atoms. The molecule has 25 heavy (non-hydrogen) atoms. The van der Waals surface area contributed by atoms with Gasteiger partial charge in [0.25, 0.3) is 0 Å². The minimum absolute atomic E-state index is 0.177. The van der Waals surface area contributed by atoms with E-state index in [1.165, 1.54) is 4.90 Å². The summed E-state index contributed by atoms with van der Waals surface area (Å²) in [6, 6.07) is -0.522. The minimum Gasteiger partial charge on any atom is -0.481 e. The summed E-state index contributed by atoms with van der Waals surface area (Å²) in [5.41, 5.74) is -0.594. The van der Waals surface area contributed by atoms with E-state index in [9.17, 15) is 14.4 Å². The third kappa shape index (κ3) is 7.98. The van der Waals surface area contributed by atoms with Crippen LogP contribution < -0.4 is 5.32 Å². The van der Waals surface area contributed by atoms with Gasteiger partial charge in [-0.2, -0.15) is 11.8 Å². The normalized spacial score (nSPS) is 19.2. The molecule has 0 aliphatic carbocycles. The van der Waals surface area contributed by atoms with E-state index in [0.717, 1.165) is 18.6 Å². The smallest absolute Gasteiger partial charge is 0.411 e. The first-order valence-corrected chi connectivity index (χ1v) is 9.85. The van der Waals surface area contributed by atoms with Crippen LogP contribution in [-0.4, -0.2) is 64.2 Å². The number of aliphatic carboxylic acids is 1. The maximum Gasteiger partial charge on any atom is 0.411 e. The lowest BCUT2D eigenvalue weighted by Crippen LogP contribution is -2.55. The van der Waals surface area contributed by atoms with Gasteiger partial charge in [0.2, 0.25) is 5.91 Å². The third-order valence-corrected chi connectivity index (χ3v) is 4.87. The van der Waals surface area contributed by atoms with E-state index >= 15 is 0 Å². The second kappa shape index (κ2) is 9.89. The zero-order valence-electron chi connectivity index (χ0n) is 15.5. The van der Waals surface area contributed by atoms with Gasteiger partial charge in [0.15, 0.2) is 0 Å². The fourth-order valence-corrected chi connectivity index (χ4v) is 3.44. The number of thioether (sulfide) groups is 1. The quantitative estimate of drug-likeness (QED) is 0.664. The number of ether oxygens (including phenoxy) is 1. The third-order valence-electron chi connectivity index (χ3n) is 3.84. The molecule has 1 aliphatic rings. The van der Waals surface area contributed by atoms with E-state index < -0.39 is 23.7 Å². The Morgan fingerprint density at radius 1 is 1.32 bits per heavy atom. The second-order valence-corrected chi connectivity index (χ2v) is 8.44. The molecular weight excluding hydrogens is 344 g/mol. The van der Waals surface area contributed by atoms with Gasteiger partial charge in [0.1, 0.15) is 11.6 Å². The molecule has 2 atom stereocenters. The van der Waals surface area contributed by atoms with E-state index in [-0.39, 0.29) is 11.8 Å². The first-order valence-electron chi connectivity index (χ1n) is 8.69. The molecule has 0 aromatic rings. The monoisotopic (exact) mass is 374 g/mol. The van der Waals surface area contributed by atoms with Gasteiger partial charge in [-0.1, -0.05) is 13.3 Å². The summed E-state index contributed by atoms with van der Waals surface area (Å²) in [5.74, 6) is 0.00532. The fourth-order valence-electron chi connectivity index (χ4n) is 2.39. The molecule has 0 radical (unpaired) electrons. The number of rotatable bonds is 7. The molecule has 1 aliphatic heterocycles. The van der Waals surface area contributed by atoms with Crippen LogP contribution in [0.25, 0.3) is 0 Å². The number of unbranched alkanes of at least 4 members (excludes halogenated alkanes) is 1. The summed E-state index contributed by atoms with van der Waals surface area (Å²) in [7, 11) is 0. The summed E-state index contributed by atoms with van der Waals surface area (Å²) in [5, 5.41) is 11.7. The number of nitrogens with zero attached hydrogens (tertiary/aromatic N) is 1. The first-order chi connectivity index (χ1) is 11.6. The molecule has 2 N–H and O–H groups in total. The Labute approximate surface area is 153 Å². The van der Waals surface area contributed by atoms with Gasteiger partial charge < -0.3 is 15.2 Å². The SMILES string of the molecule is C[C@@H](CCCCNC(=O)C1CSCCN1C(=O)OC(C)(C)C)C(=O)O. The highest BCUT2D eigenvalue weighted by atomic mass is 32.2. The average Bonchev–Trinajstić information content (AvgIpc) is 2.52. The standard InChI is InChI=1S/C17H30N2O5S/c1-12(15(21)22)7-5-6-8-18-14(20)13-11-25-10-9-19(13)16(23)24-17(2,3)4/h12-13H,5-11H2,1-4H3,(H,18,20)(H,21,22)/t12-,13?/m0/s1. The van der Waals surface area contributed by atoms with Crippen molar-refractivity contribution in [2.24, 2.45) is 5.92 Å². The van der Waals surface area contributed by atoms with Gasteiger partial charge in [-0.25, -0.2) is 4.79 Å². The Morgan fingerprint density at radius 3 is 2.60 bits per heavy atom. The predicted octanol–water partition coefficient (Wildman–Crippen LogP) is 2.35. The zero-order valence-corrected chi connectivity index (χ0v) is 16.4. The average molecular weight is 375 g/mol. The zero-order chi connectivity index (χ0) is 19.0. The van der Waals surface area contributed by atoms with Gasteiger partial charge in [-0.15, -0.1) is 0 Å². The van der Waals surface area contributed by atoms with Crippen molar-refractivity contribution in [2.75, 3.05) is 24.6 Å². The molecule has 8 heteroatoms. The fraction of sp³-hybridized carbons (Fsp3) is 0.824. The van der Waals surface area contributed by atoms with Crippen molar-refractivity contribution in [2.45, 2.75) is 58.6 Å². The van der Waals surface area contributed by atoms with Gasteiger partial charge in [-0.05, 0) is 33.6 Å². The topological polar surface area (TPSA) is 95.9 Å². The first kappa shape index (κ1) is 21.6.